The van der Waals surface area contributed by atoms with E-state index in [2.05, 4.69) is 32.8 Å². The molecule has 14 nitrogen and oxygen atoms in total. The van der Waals surface area contributed by atoms with Crippen molar-refractivity contribution in [1.29, 1.82) is 5.41 Å². The fourth-order valence-electron chi connectivity index (χ4n) is 10.1. The van der Waals surface area contributed by atoms with Crippen LogP contribution in [-0.4, -0.2) is 114 Å². The van der Waals surface area contributed by atoms with Crippen LogP contribution in [-0.2, 0) is 40.5 Å². The molecule has 2 saturated heterocycles. The Morgan fingerprint density at radius 2 is 1.77 bits per heavy atom. The van der Waals surface area contributed by atoms with E-state index in [-0.39, 0.29) is 60.6 Å². The first kappa shape index (κ1) is 43.1. The second-order valence-electron chi connectivity index (χ2n) is 17.9. The summed E-state index contributed by atoms with van der Waals surface area (Å²) in [7, 11) is 1.84. The lowest BCUT2D eigenvalue weighted by Crippen LogP contribution is -2.52. The molecule has 2 fully saturated rings. The quantitative estimate of drug-likeness (QED) is 0.129. The molecule has 3 N–H and O–H groups in total. The second kappa shape index (κ2) is 18.1. The standard InChI is InChI=1S/C48H55F2N9O5/c1-29(60)57-19-15-40(39(26-57)46(51)58-16-5-8-32-21-36(33-23-52-55(2)25-33)37(45(49)50)22-42(32)58)53-34-13-17-56(18-14-34)24-30-6-3-7-31(20-30)28-64-43-10-4-9-35-38(43)27-59(48(35)63)41-11-12-44(61)54-47(41)62/h3-4,6-7,9-10,20-23,33-34,41,45,51,53H,5,8,11-19,24-28H2,1-2H3,(H,54,61,62). The zero-order valence-corrected chi connectivity index (χ0v) is 36.4. The SMILES string of the molecule is CC(=O)N1CCC(NC2CCN(Cc3cccc(COc4cccc5c4CN(C4CCC(=O)NC4=O)C5=O)c3)CC2)=C(C(=N)N2CCCc3cc(C4C=NN(C)C4)c(C(F)F)cc32)C1. The highest BCUT2D eigenvalue weighted by molar-refractivity contribution is 6.09. The Morgan fingerprint density at radius 3 is 2.52 bits per heavy atom. The number of anilines is 1. The van der Waals surface area contributed by atoms with Gasteiger partial charge in [0.15, 0.2) is 0 Å². The summed E-state index contributed by atoms with van der Waals surface area (Å²) < 4.78 is 35.6. The minimum Gasteiger partial charge on any atom is -0.489 e. The van der Waals surface area contributed by atoms with Crippen molar-refractivity contribution in [2.45, 2.75) is 96.0 Å². The molecular formula is C48H55F2N9O5. The average Bonchev–Trinajstić information content (AvgIpc) is 3.88. The molecule has 3 aromatic carbocycles. The maximum atomic E-state index is 14.6. The van der Waals surface area contributed by atoms with Gasteiger partial charge in [0, 0.05) is 118 Å². The van der Waals surface area contributed by atoms with Gasteiger partial charge < -0.3 is 24.8 Å². The van der Waals surface area contributed by atoms with Gasteiger partial charge in [0.25, 0.3) is 12.3 Å². The Bertz CT molecular complexity index is 2430. The van der Waals surface area contributed by atoms with E-state index in [1.165, 1.54) is 4.90 Å². The third-order valence-electron chi connectivity index (χ3n) is 13.6. The van der Waals surface area contributed by atoms with Crippen molar-refractivity contribution in [3.8, 4) is 5.75 Å². The van der Waals surface area contributed by atoms with Gasteiger partial charge in [-0.3, -0.25) is 39.8 Å². The molecule has 6 aliphatic rings. The van der Waals surface area contributed by atoms with Crippen LogP contribution < -0.4 is 20.3 Å². The van der Waals surface area contributed by atoms with Gasteiger partial charge in [0.1, 0.15) is 24.2 Å². The van der Waals surface area contributed by atoms with E-state index in [1.807, 2.05) is 36.2 Å². The number of imide groups is 1. The van der Waals surface area contributed by atoms with Crippen LogP contribution >= 0.6 is 0 Å². The Labute approximate surface area is 371 Å². The number of ether oxygens (including phenoxy) is 1. The number of alkyl halides is 2. The number of amides is 4. The van der Waals surface area contributed by atoms with Gasteiger partial charge in [-0.15, -0.1) is 0 Å². The van der Waals surface area contributed by atoms with Crippen molar-refractivity contribution in [3.05, 3.63) is 105 Å². The second-order valence-corrected chi connectivity index (χ2v) is 17.9. The molecule has 0 aromatic heterocycles. The predicted molar refractivity (Wildman–Crippen MR) is 237 cm³/mol. The van der Waals surface area contributed by atoms with Crippen LogP contribution in [0.25, 0.3) is 0 Å². The van der Waals surface area contributed by atoms with Crippen molar-refractivity contribution < 1.29 is 32.7 Å². The van der Waals surface area contributed by atoms with E-state index in [9.17, 15) is 33.4 Å². The van der Waals surface area contributed by atoms with Crippen molar-refractivity contribution in [2.24, 2.45) is 5.10 Å². The van der Waals surface area contributed by atoms with Gasteiger partial charge in [-0.2, -0.15) is 5.10 Å². The molecule has 2 unspecified atom stereocenters. The molecule has 0 bridgehead atoms. The van der Waals surface area contributed by atoms with E-state index in [0.717, 1.165) is 78.8 Å². The number of aryl methyl sites for hydroxylation is 1. The molecule has 0 saturated carbocycles. The molecule has 6 heterocycles. The summed E-state index contributed by atoms with van der Waals surface area (Å²) in [5.74, 6) is -0.421. The van der Waals surface area contributed by atoms with E-state index in [0.29, 0.717) is 61.6 Å². The molecule has 2 atom stereocenters. The van der Waals surface area contributed by atoms with Crippen LogP contribution in [0.5, 0.6) is 5.75 Å². The number of rotatable bonds is 11. The topological polar surface area (TPSA) is 154 Å². The highest BCUT2D eigenvalue weighted by Crippen LogP contribution is 2.39. The summed E-state index contributed by atoms with van der Waals surface area (Å²) in [6.07, 6.45) is 3.46. The number of fused-ring (bicyclic) bond motifs is 2. The molecule has 64 heavy (non-hydrogen) atoms. The number of piperidine rings is 2. The van der Waals surface area contributed by atoms with Crippen LogP contribution in [0.3, 0.4) is 0 Å². The summed E-state index contributed by atoms with van der Waals surface area (Å²) in [5, 5.41) is 21.8. The fraction of sp³-hybridized carbons (Fsp3) is 0.458. The van der Waals surface area contributed by atoms with Crippen molar-refractivity contribution >= 4 is 41.4 Å². The third-order valence-corrected chi connectivity index (χ3v) is 13.6. The van der Waals surface area contributed by atoms with E-state index >= 15 is 0 Å². The van der Waals surface area contributed by atoms with E-state index in [4.69, 9.17) is 4.74 Å². The van der Waals surface area contributed by atoms with Gasteiger partial charge >= 0.3 is 0 Å². The van der Waals surface area contributed by atoms with Crippen molar-refractivity contribution in [2.75, 3.05) is 51.2 Å². The molecule has 0 radical (unpaired) electrons. The lowest BCUT2D eigenvalue weighted by atomic mass is 9.89. The number of hydrazone groups is 1. The monoisotopic (exact) mass is 875 g/mol. The first-order chi connectivity index (χ1) is 30.9. The third kappa shape index (κ3) is 8.84. The number of carbonyl (C=O) groups is 4. The first-order valence-electron chi connectivity index (χ1n) is 22.4. The summed E-state index contributed by atoms with van der Waals surface area (Å²) in [6.45, 7) is 6.51. The highest BCUT2D eigenvalue weighted by atomic mass is 19.3. The number of nitrogens with zero attached hydrogens (tertiary/aromatic N) is 6. The summed E-state index contributed by atoms with van der Waals surface area (Å²) in [6, 6.07) is 16.7. The number of amidine groups is 1. The van der Waals surface area contributed by atoms with E-state index < -0.39 is 18.4 Å². The van der Waals surface area contributed by atoms with Crippen molar-refractivity contribution in [1.82, 2.24) is 30.3 Å². The number of hydrogen-bond acceptors (Lipinski definition) is 10. The number of likely N-dealkylation sites (N-methyl/N-ethyl adjacent to an activating group) is 1. The summed E-state index contributed by atoms with van der Waals surface area (Å²) in [4.78, 5) is 57.8. The zero-order chi connectivity index (χ0) is 44.6. The maximum absolute atomic E-state index is 14.6. The van der Waals surface area contributed by atoms with Crippen molar-refractivity contribution in [3.63, 3.8) is 0 Å². The average molecular weight is 876 g/mol. The number of carbonyl (C=O) groups excluding carboxylic acids is 4. The van der Waals surface area contributed by atoms with Crippen LogP contribution in [0.2, 0.25) is 0 Å². The minimum atomic E-state index is -2.67. The van der Waals surface area contributed by atoms with Gasteiger partial charge in [-0.25, -0.2) is 8.78 Å². The highest BCUT2D eigenvalue weighted by Gasteiger charge is 2.40. The predicted octanol–water partition coefficient (Wildman–Crippen LogP) is 5.47. The molecule has 9 rings (SSSR count). The van der Waals surface area contributed by atoms with Gasteiger partial charge in [0.05, 0.1) is 13.1 Å². The molecule has 336 valence electrons. The van der Waals surface area contributed by atoms with Crippen LogP contribution in [0.4, 0.5) is 14.5 Å². The molecule has 6 aliphatic heterocycles. The Morgan fingerprint density at radius 1 is 0.969 bits per heavy atom. The van der Waals surface area contributed by atoms with Crippen LogP contribution in [0, 0.1) is 5.41 Å². The number of nitrogens with one attached hydrogen (secondary N) is 3. The fourth-order valence-corrected chi connectivity index (χ4v) is 10.1. The van der Waals surface area contributed by atoms with Gasteiger partial charge in [0.2, 0.25) is 17.7 Å². The minimum absolute atomic E-state index is 0.0197. The van der Waals surface area contributed by atoms with Crippen LogP contribution in [0.1, 0.15) is 102 Å². The van der Waals surface area contributed by atoms with Gasteiger partial charge in [-0.1, -0.05) is 36.4 Å². The maximum Gasteiger partial charge on any atom is 0.264 e. The molecular weight excluding hydrogens is 821 g/mol. The Hall–Kier alpha value is -6.16. The van der Waals surface area contributed by atoms with E-state index in [1.54, 1.807) is 41.2 Å². The largest absolute Gasteiger partial charge is 0.489 e. The Kier molecular flexibility index (Phi) is 12.2. The van der Waals surface area contributed by atoms with Crippen LogP contribution in [0.15, 0.2) is 71.0 Å². The summed E-state index contributed by atoms with van der Waals surface area (Å²) in [5.41, 5.74) is 7.28. The number of benzene rings is 3. The summed E-state index contributed by atoms with van der Waals surface area (Å²) >= 11 is 0. The lowest BCUT2D eigenvalue weighted by Gasteiger charge is -2.39. The molecule has 4 amide bonds. The number of likely N-dealkylation sites (tertiary alicyclic amines) is 1. The zero-order valence-electron chi connectivity index (χ0n) is 36.4. The Balaban J connectivity index is 0.834. The molecule has 3 aromatic rings. The molecule has 0 spiro atoms. The normalized spacial score (nSPS) is 21.7. The number of hydrogen-bond donors (Lipinski definition) is 3. The molecule has 16 heteroatoms. The first-order valence-corrected chi connectivity index (χ1v) is 22.4. The number of halogens is 2. The molecule has 0 aliphatic carbocycles. The van der Waals surface area contributed by atoms with Gasteiger partial charge in [-0.05, 0) is 72.6 Å². The lowest BCUT2D eigenvalue weighted by molar-refractivity contribution is -0.137. The smallest absolute Gasteiger partial charge is 0.264 e.